The zero-order valence-corrected chi connectivity index (χ0v) is 20.9. The number of rotatable bonds is 4. The summed E-state index contributed by atoms with van der Waals surface area (Å²) in [6, 6.07) is 10.2. The predicted molar refractivity (Wildman–Crippen MR) is 129 cm³/mol. The van der Waals surface area contributed by atoms with Gasteiger partial charge in [0, 0.05) is 44.9 Å². The predicted octanol–water partition coefficient (Wildman–Crippen LogP) is 5.35. The molecule has 0 unspecified atom stereocenters. The van der Waals surface area contributed by atoms with E-state index in [9.17, 15) is 35.9 Å². The molecule has 1 aliphatic heterocycles. The van der Waals surface area contributed by atoms with Crippen LogP contribution in [0.4, 0.5) is 26.3 Å². The SMILES string of the molecule is CN1CCc2c(-c3ccccc3)c(C(=O)N(C)Cc3cc(C(F)(F)F)cc(C(F)(F)F)c3)n(C)c(=O)c2C1. The number of pyridine rings is 1. The van der Waals surface area contributed by atoms with Crippen LogP contribution in [0, 0.1) is 0 Å². The highest BCUT2D eigenvalue weighted by molar-refractivity contribution is 6.00. The molecule has 1 aliphatic rings. The number of aromatic nitrogens is 1. The Kier molecular flexibility index (Phi) is 7.17. The zero-order valence-electron chi connectivity index (χ0n) is 20.9. The van der Waals surface area contributed by atoms with Gasteiger partial charge in [-0.05, 0) is 48.4 Å². The number of hydrogen-bond acceptors (Lipinski definition) is 3. The molecule has 1 amide bonds. The van der Waals surface area contributed by atoms with Gasteiger partial charge in [-0.2, -0.15) is 26.3 Å². The van der Waals surface area contributed by atoms with Crippen LogP contribution in [-0.2, 0) is 38.9 Å². The zero-order chi connectivity index (χ0) is 28.0. The number of fused-ring (bicyclic) bond motifs is 1. The Balaban J connectivity index is 1.82. The number of carbonyl (C=O) groups is 1. The van der Waals surface area contributed by atoms with Gasteiger partial charge in [0.2, 0.25) is 0 Å². The van der Waals surface area contributed by atoms with E-state index in [2.05, 4.69) is 0 Å². The molecule has 0 atom stereocenters. The lowest BCUT2D eigenvalue weighted by atomic mass is 9.89. The molecule has 0 fully saturated rings. The molecule has 38 heavy (non-hydrogen) atoms. The molecule has 0 aliphatic carbocycles. The van der Waals surface area contributed by atoms with E-state index in [1.807, 2.05) is 11.9 Å². The summed E-state index contributed by atoms with van der Waals surface area (Å²) in [6.45, 7) is 0.499. The van der Waals surface area contributed by atoms with Crippen molar-refractivity contribution in [3.8, 4) is 11.1 Å². The summed E-state index contributed by atoms with van der Waals surface area (Å²) in [5.74, 6) is -0.698. The van der Waals surface area contributed by atoms with Gasteiger partial charge in [-0.3, -0.25) is 9.59 Å². The van der Waals surface area contributed by atoms with Gasteiger partial charge in [-0.15, -0.1) is 0 Å². The van der Waals surface area contributed by atoms with Crippen molar-refractivity contribution in [1.29, 1.82) is 0 Å². The van der Waals surface area contributed by atoms with Gasteiger partial charge in [0.05, 0.1) is 11.1 Å². The smallest absolute Gasteiger partial charge is 0.336 e. The number of nitrogens with zero attached hydrogens (tertiary/aromatic N) is 3. The summed E-state index contributed by atoms with van der Waals surface area (Å²) in [5, 5.41) is 0. The van der Waals surface area contributed by atoms with Crippen molar-refractivity contribution in [3.05, 3.63) is 92.4 Å². The van der Waals surface area contributed by atoms with E-state index in [0.717, 1.165) is 4.90 Å². The van der Waals surface area contributed by atoms with E-state index in [1.54, 1.807) is 30.3 Å². The summed E-state index contributed by atoms with van der Waals surface area (Å²) in [6.07, 6.45) is -9.51. The van der Waals surface area contributed by atoms with Gasteiger partial charge in [-0.25, -0.2) is 0 Å². The van der Waals surface area contributed by atoms with Crippen LogP contribution in [0.2, 0.25) is 0 Å². The minimum Gasteiger partial charge on any atom is -0.336 e. The van der Waals surface area contributed by atoms with Gasteiger partial charge >= 0.3 is 12.4 Å². The lowest BCUT2D eigenvalue weighted by molar-refractivity contribution is -0.143. The van der Waals surface area contributed by atoms with Crippen LogP contribution in [-0.4, -0.2) is 40.9 Å². The highest BCUT2D eigenvalue weighted by Crippen LogP contribution is 2.37. The lowest BCUT2D eigenvalue weighted by Gasteiger charge is -2.30. The monoisotopic (exact) mass is 537 g/mol. The molecule has 0 saturated carbocycles. The fourth-order valence-corrected chi connectivity index (χ4v) is 4.79. The maximum absolute atomic E-state index is 13.7. The molecule has 0 spiro atoms. The Labute approximate surface area is 214 Å². The summed E-state index contributed by atoms with van der Waals surface area (Å²) < 4.78 is 81.2. The highest BCUT2D eigenvalue weighted by atomic mass is 19.4. The standard InChI is InChI=1S/C27H25F6N3O2/c1-34-10-9-20-21(15-34)24(37)36(3)23(22(20)17-7-5-4-6-8-17)25(38)35(2)14-16-11-18(26(28,29)30)13-19(12-16)27(31,32)33/h4-8,11-13H,9-10,14-15H2,1-3H3. The average molecular weight is 538 g/mol. The van der Waals surface area contributed by atoms with Crippen molar-refractivity contribution in [2.45, 2.75) is 31.9 Å². The highest BCUT2D eigenvalue weighted by Gasteiger charge is 2.37. The molecule has 0 bridgehead atoms. The van der Waals surface area contributed by atoms with Crippen LogP contribution in [0.3, 0.4) is 0 Å². The summed E-state index contributed by atoms with van der Waals surface area (Å²) in [7, 11) is 4.60. The van der Waals surface area contributed by atoms with E-state index in [1.165, 1.54) is 18.7 Å². The second-order valence-electron chi connectivity index (χ2n) is 9.47. The maximum atomic E-state index is 13.7. The van der Waals surface area contributed by atoms with Crippen LogP contribution in [0.5, 0.6) is 0 Å². The van der Waals surface area contributed by atoms with Crippen molar-refractivity contribution in [3.63, 3.8) is 0 Å². The van der Waals surface area contributed by atoms with Crippen LogP contribution in [0.1, 0.15) is 38.3 Å². The molecule has 5 nitrogen and oxygen atoms in total. The summed E-state index contributed by atoms with van der Waals surface area (Å²) >= 11 is 0. The molecule has 1 aromatic heterocycles. The van der Waals surface area contributed by atoms with E-state index < -0.39 is 35.9 Å². The minimum atomic E-state index is -5.01. The number of carbonyl (C=O) groups excluding carboxylic acids is 1. The third kappa shape index (κ3) is 5.33. The molecule has 0 saturated heterocycles. The van der Waals surface area contributed by atoms with Gasteiger partial charge < -0.3 is 14.4 Å². The van der Waals surface area contributed by atoms with E-state index >= 15 is 0 Å². The first kappa shape index (κ1) is 27.4. The maximum Gasteiger partial charge on any atom is 0.416 e. The number of alkyl halides is 6. The molecular formula is C27H25F6N3O2. The molecule has 3 aromatic rings. The fourth-order valence-electron chi connectivity index (χ4n) is 4.79. The van der Waals surface area contributed by atoms with E-state index in [-0.39, 0.29) is 22.9 Å². The molecular weight excluding hydrogens is 512 g/mol. The topological polar surface area (TPSA) is 45.6 Å². The Morgan fingerprint density at radius 1 is 0.921 bits per heavy atom. The van der Waals surface area contributed by atoms with Crippen molar-refractivity contribution in [1.82, 2.24) is 14.4 Å². The number of benzene rings is 2. The number of amides is 1. The largest absolute Gasteiger partial charge is 0.416 e. The molecule has 2 aromatic carbocycles. The fraction of sp³-hybridized carbons (Fsp3) is 0.333. The second kappa shape index (κ2) is 9.94. The molecule has 11 heteroatoms. The first-order valence-electron chi connectivity index (χ1n) is 11.7. The minimum absolute atomic E-state index is 0.0232. The van der Waals surface area contributed by atoms with Crippen LogP contribution < -0.4 is 5.56 Å². The van der Waals surface area contributed by atoms with Gasteiger partial charge in [0.15, 0.2) is 0 Å². The first-order valence-corrected chi connectivity index (χ1v) is 11.7. The summed E-state index contributed by atoms with van der Waals surface area (Å²) in [5.41, 5.74) is -1.13. The van der Waals surface area contributed by atoms with Gasteiger partial charge in [0.1, 0.15) is 5.69 Å². The Hall–Kier alpha value is -3.60. The van der Waals surface area contributed by atoms with Crippen molar-refractivity contribution in [2.75, 3.05) is 20.6 Å². The second-order valence-corrected chi connectivity index (χ2v) is 9.47. The quantitative estimate of drug-likeness (QED) is 0.422. The third-order valence-corrected chi connectivity index (χ3v) is 6.65. The van der Waals surface area contributed by atoms with E-state index in [4.69, 9.17) is 0 Å². The molecule has 0 N–H and O–H groups in total. The molecule has 202 valence electrons. The van der Waals surface area contributed by atoms with E-state index in [0.29, 0.717) is 53.9 Å². The molecule has 2 heterocycles. The lowest BCUT2D eigenvalue weighted by Crippen LogP contribution is -2.39. The van der Waals surface area contributed by atoms with Crippen LogP contribution in [0.25, 0.3) is 11.1 Å². The van der Waals surface area contributed by atoms with Crippen LogP contribution in [0.15, 0.2) is 53.3 Å². The number of hydrogen-bond donors (Lipinski definition) is 0. The van der Waals surface area contributed by atoms with Gasteiger partial charge in [-0.1, -0.05) is 30.3 Å². The average Bonchev–Trinajstić information content (AvgIpc) is 2.85. The van der Waals surface area contributed by atoms with Crippen LogP contribution >= 0.6 is 0 Å². The Bertz CT molecular complexity index is 1400. The first-order chi connectivity index (χ1) is 17.7. The Morgan fingerprint density at radius 3 is 2.05 bits per heavy atom. The van der Waals surface area contributed by atoms with Crippen molar-refractivity contribution in [2.24, 2.45) is 7.05 Å². The number of likely N-dealkylation sites (N-methyl/N-ethyl adjacent to an activating group) is 1. The molecule has 4 rings (SSSR count). The molecule has 0 radical (unpaired) electrons. The normalized spacial score (nSPS) is 14.3. The third-order valence-electron chi connectivity index (χ3n) is 6.65. The van der Waals surface area contributed by atoms with Gasteiger partial charge in [0.25, 0.3) is 11.5 Å². The van der Waals surface area contributed by atoms with Crippen molar-refractivity contribution < 1.29 is 31.1 Å². The Morgan fingerprint density at radius 2 is 1.50 bits per heavy atom. The summed E-state index contributed by atoms with van der Waals surface area (Å²) in [4.78, 5) is 30.0. The van der Waals surface area contributed by atoms with Crippen molar-refractivity contribution >= 4 is 5.91 Å². The number of halogens is 6.